The molecule has 2 aliphatic rings. The lowest BCUT2D eigenvalue weighted by Crippen LogP contribution is -2.57. The van der Waals surface area contributed by atoms with Crippen LogP contribution in [0.2, 0.25) is 0 Å². The highest BCUT2D eigenvalue weighted by Crippen LogP contribution is 2.37. The van der Waals surface area contributed by atoms with Gasteiger partial charge in [0.1, 0.15) is 0 Å². The molecule has 0 aliphatic carbocycles. The van der Waals surface area contributed by atoms with E-state index in [2.05, 4.69) is 10.1 Å². The van der Waals surface area contributed by atoms with Crippen molar-refractivity contribution >= 4 is 5.91 Å². The minimum atomic E-state index is -0.0369. The summed E-state index contributed by atoms with van der Waals surface area (Å²) < 4.78 is 10.2. The molecule has 2 fully saturated rings. The third-order valence-electron chi connectivity index (χ3n) is 4.80. The molecule has 3 rings (SSSR count). The van der Waals surface area contributed by atoms with Crippen LogP contribution in [0.15, 0.2) is 16.8 Å². The van der Waals surface area contributed by atoms with E-state index in [9.17, 15) is 4.79 Å². The van der Waals surface area contributed by atoms with Gasteiger partial charge in [-0.1, -0.05) is 5.16 Å². The van der Waals surface area contributed by atoms with E-state index in [1.54, 1.807) is 13.2 Å². The number of methoxy groups -OCH3 is 1. The van der Waals surface area contributed by atoms with Crippen LogP contribution in [0.4, 0.5) is 0 Å². The monoisotopic (exact) mass is 293 g/mol. The van der Waals surface area contributed by atoms with Crippen LogP contribution in [0.25, 0.3) is 0 Å². The average molecular weight is 293 g/mol. The van der Waals surface area contributed by atoms with Gasteiger partial charge in [0.2, 0.25) is 5.76 Å². The highest BCUT2D eigenvalue weighted by atomic mass is 16.5. The number of amides is 1. The van der Waals surface area contributed by atoms with Crippen molar-refractivity contribution in [1.29, 1.82) is 0 Å². The number of aromatic nitrogens is 1. The molecule has 2 aliphatic heterocycles. The SMILES string of the molecule is COCCN1CCC[C@]12CCCN(C(=O)c1ccno1)C2. The number of nitrogens with zero attached hydrogens (tertiary/aromatic N) is 3. The molecule has 1 amide bonds. The van der Waals surface area contributed by atoms with Crippen LogP contribution < -0.4 is 0 Å². The topological polar surface area (TPSA) is 58.8 Å². The maximum absolute atomic E-state index is 12.5. The second-order valence-corrected chi connectivity index (χ2v) is 6.01. The first-order valence-electron chi connectivity index (χ1n) is 7.69. The van der Waals surface area contributed by atoms with E-state index in [-0.39, 0.29) is 11.4 Å². The lowest BCUT2D eigenvalue weighted by molar-refractivity contribution is 0.0211. The van der Waals surface area contributed by atoms with Crippen molar-refractivity contribution in [2.45, 2.75) is 31.2 Å². The van der Waals surface area contributed by atoms with Gasteiger partial charge in [-0.15, -0.1) is 0 Å². The van der Waals surface area contributed by atoms with E-state index in [0.717, 1.165) is 52.0 Å². The standard InChI is InChI=1S/C15H23N3O3/c1-20-11-10-18-9-3-6-15(18)5-2-8-17(12-15)14(19)13-4-7-16-21-13/h4,7H,2-3,5-6,8-12H2,1H3/t15-/m0/s1. The van der Waals surface area contributed by atoms with Crippen LogP contribution in [-0.2, 0) is 4.74 Å². The predicted molar refractivity (Wildman–Crippen MR) is 77.1 cm³/mol. The van der Waals surface area contributed by atoms with Crippen molar-refractivity contribution in [2.24, 2.45) is 0 Å². The fraction of sp³-hybridized carbons (Fsp3) is 0.733. The molecule has 1 aromatic heterocycles. The number of hydrogen-bond donors (Lipinski definition) is 0. The highest BCUT2D eigenvalue weighted by molar-refractivity contribution is 5.91. The van der Waals surface area contributed by atoms with Crippen molar-refractivity contribution in [3.63, 3.8) is 0 Å². The van der Waals surface area contributed by atoms with Crippen molar-refractivity contribution in [1.82, 2.24) is 15.0 Å². The van der Waals surface area contributed by atoms with Crippen molar-refractivity contribution in [3.05, 3.63) is 18.0 Å². The molecule has 0 bridgehead atoms. The third-order valence-corrected chi connectivity index (χ3v) is 4.80. The van der Waals surface area contributed by atoms with Crippen LogP contribution in [0.3, 0.4) is 0 Å². The van der Waals surface area contributed by atoms with Crippen molar-refractivity contribution in [2.75, 3.05) is 39.9 Å². The fourth-order valence-electron chi connectivity index (χ4n) is 3.77. The normalized spacial score (nSPS) is 26.6. The lowest BCUT2D eigenvalue weighted by Gasteiger charge is -2.45. The van der Waals surface area contributed by atoms with Gasteiger partial charge in [0.05, 0.1) is 12.8 Å². The number of likely N-dealkylation sites (tertiary alicyclic amines) is 2. The molecule has 0 aromatic carbocycles. The molecule has 3 heterocycles. The number of piperidine rings is 1. The molecule has 116 valence electrons. The number of ether oxygens (including phenoxy) is 1. The Morgan fingerprint density at radius 2 is 2.24 bits per heavy atom. The maximum Gasteiger partial charge on any atom is 0.292 e. The summed E-state index contributed by atoms with van der Waals surface area (Å²) in [6.07, 6.45) is 6.10. The zero-order chi connectivity index (χ0) is 14.7. The summed E-state index contributed by atoms with van der Waals surface area (Å²) in [5.41, 5.74) is 0.131. The summed E-state index contributed by atoms with van der Waals surface area (Å²) in [4.78, 5) is 16.9. The van der Waals surface area contributed by atoms with Gasteiger partial charge < -0.3 is 14.2 Å². The lowest BCUT2D eigenvalue weighted by atomic mass is 9.86. The van der Waals surface area contributed by atoms with Gasteiger partial charge in [0, 0.05) is 38.3 Å². The zero-order valence-corrected chi connectivity index (χ0v) is 12.6. The Morgan fingerprint density at radius 1 is 1.43 bits per heavy atom. The molecule has 0 N–H and O–H groups in total. The highest BCUT2D eigenvalue weighted by Gasteiger charge is 2.44. The van der Waals surface area contributed by atoms with Gasteiger partial charge >= 0.3 is 0 Å². The summed E-state index contributed by atoms with van der Waals surface area (Å²) >= 11 is 0. The number of carbonyl (C=O) groups excluding carboxylic acids is 1. The molecule has 0 unspecified atom stereocenters. The molecular weight excluding hydrogens is 270 g/mol. The van der Waals surface area contributed by atoms with Crippen LogP contribution >= 0.6 is 0 Å². The van der Waals surface area contributed by atoms with Gasteiger partial charge in [-0.3, -0.25) is 9.69 Å². The summed E-state index contributed by atoms with van der Waals surface area (Å²) in [7, 11) is 1.74. The fourth-order valence-corrected chi connectivity index (χ4v) is 3.77. The van der Waals surface area contributed by atoms with Crippen LogP contribution in [-0.4, -0.2) is 66.3 Å². The molecule has 21 heavy (non-hydrogen) atoms. The molecule has 0 radical (unpaired) electrons. The van der Waals surface area contributed by atoms with Gasteiger partial charge in [-0.2, -0.15) is 0 Å². The van der Waals surface area contributed by atoms with Crippen molar-refractivity contribution < 1.29 is 14.1 Å². The second-order valence-electron chi connectivity index (χ2n) is 6.01. The first kappa shape index (κ1) is 14.5. The third kappa shape index (κ3) is 2.82. The van der Waals surface area contributed by atoms with Gasteiger partial charge in [-0.25, -0.2) is 0 Å². The van der Waals surface area contributed by atoms with E-state index < -0.39 is 0 Å². The summed E-state index contributed by atoms with van der Waals surface area (Å²) in [5, 5.41) is 3.63. The molecule has 6 nitrogen and oxygen atoms in total. The average Bonchev–Trinajstić information content (AvgIpc) is 3.15. The number of rotatable bonds is 4. The van der Waals surface area contributed by atoms with E-state index >= 15 is 0 Å². The summed E-state index contributed by atoms with van der Waals surface area (Å²) in [5.74, 6) is 0.304. The summed E-state index contributed by atoms with van der Waals surface area (Å²) in [6.45, 7) is 4.39. The minimum absolute atomic E-state index is 0.0369. The minimum Gasteiger partial charge on any atom is -0.383 e. The van der Waals surface area contributed by atoms with Crippen LogP contribution in [0.1, 0.15) is 36.2 Å². The Labute approximate surface area is 125 Å². The second kappa shape index (κ2) is 6.15. The van der Waals surface area contributed by atoms with Crippen molar-refractivity contribution in [3.8, 4) is 0 Å². The number of carbonyl (C=O) groups is 1. The molecular formula is C15H23N3O3. The Bertz CT molecular complexity index is 477. The van der Waals surface area contributed by atoms with E-state index in [0.29, 0.717) is 5.76 Å². The Kier molecular flexibility index (Phi) is 4.26. The zero-order valence-electron chi connectivity index (χ0n) is 12.6. The van der Waals surface area contributed by atoms with E-state index in [4.69, 9.17) is 9.26 Å². The summed E-state index contributed by atoms with van der Waals surface area (Å²) in [6, 6.07) is 1.64. The molecule has 1 spiro atoms. The van der Waals surface area contributed by atoms with Gasteiger partial charge in [0.15, 0.2) is 0 Å². The van der Waals surface area contributed by atoms with Gasteiger partial charge in [0.25, 0.3) is 5.91 Å². The van der Waals surface area contributed by atoms with E-state index in [1.165, 1.54) is 12.6 Å². The number of hydrogen-bond acceptors (Lipinski definition) is 5. The Morgan fingerprint density at radius 3 is 2.95 bits per heavy atom. The van der Waals surface area contributed by atoms with Gasteiger partial charge in [-0.05, 0) is 32.2 Å². The smallest absolute Gasteiger partial charge is 0.292 e. The van der Waals surface area contributed by atoms with Crippen LogP contribution in [0, 0.1) is 0 Å². The molecule has 1 aromatic rings. The maximum atomic E-state index is 12.5. The Hall–Kier alpha value is -1.40. The largest absolute Gasteiger partial charge is 0.383 e. The molecule has 0 saturated carbocycles. The Balaban J connectivity index is 1.71. The van der Waals surface area contributed by atoms with E-state index in [1.807, 2.05) is 4.90 Å². The quantitative estimate of drug-likeness (QED) is 0.839. The molecule has 6 heteroatoms. The first-order valence-corrected chi connectivity index (χ1v) is 7.69. The molecule has 2 saturated heterocycles. The van der Waals surface area contributed by atoms with Crippen LogP contribution in [0.5, 0.6) is 0 Å². The first-order chi connectivity index (χ1) is 10.2. The molecule has 1 atom stereocenters. The predicted octanol–water partition coefficient (Wildman–Crippen LogP) is 1.39.